The van der Waals surface area contributed by atoms with Crippen LogP contribution >= 0.6 is 28.1 Å². The van der Waals surface area contributed by atoms with Crippen molar-refractivity contribution in [2.24, 2.45) is 5.73 Å². The lowest BCUT2D eigenvalue weighted by atomic mass is 10.4. The zero-order valence-corrected chi connectivity index (χ0v) is 9.75. The zero-order valence-electron chi connectivity index (χ0n) is 7.35. The van der Waals surface area contributed by atoms with Crippen LogP contribution in [0, 0.1) is 0 Å². The third-order valence-corrected chi connectivity index (χ3v) is 2.30. The summed E-state index contributed by atoms with van der Waals surface area (Å²) in [5, 5.41) is 9.04. The Morgan fingerprint density at radius 3 is 2.79 bits per heavy atom. The Morgan fingerprint density at radius 1 is 1.64 bits per heavy atom. The van der Waals surface area contributed by atoms with Gasteiger partial charge in [-0.15, -0.1) is 0 Å². The SMILES string of the molecule is NC(=S)N(CCO)c1ccc(Br)nc1. The monoisotopic (exact) mass is 275 g/mol. The van der Waals surface area contributed by atoms with Crippen molar-refractivity contribution in [3.63, 3.8) is 0 Å². The van der Waals surface area contributed by atoms with Gasteiger partial charge >= 0.3 is 0 Å². The first-order chi connectivity index (χ1) is 6.65. The highest BCUT2D eigenvalue weighted by atomic mass is 79.9. The normalized spacial score (nSPS) is 9.86. The second-order valence-electron chi connectivity index (χ2n) is 2.55. The minimum absolute atomic E-state index is 0.00654. The Labute approximate surface area is 95.9 Å². The average molecular weight is 276 g/mol. The number of thiocarbonyl (C=S) groups is 1. The van der Waals surface area contributed by atoms with E-state index in [2.05, 4.69) is 20.9 Å². The fourth-order valence-corrected chi connectivity index (χ4v) is 1.43. The van der Waals surface area contributed by atoms with Gasteiger partial charge in [-0.1, -0.05) is 0 Å². The summed E-state index contributed by atoms with van der Waals surface area (Å²) in [6.07, 6.45) is 1.64. The summed E-state index contributed by atoms with van der Waals surface area (Å²) >= 11 is 8.08. The fraction of sp³-hybridized carbons (Fsp3) is 0.250. The topological polar surface area (TPSA) is 62.4 Å². The van der Waals surface area contributed by atoms with Crippen molar-refractivity contribution in [1.82, 2.24) is 4.98 Å². The highest BCUT2D eigenvalue weighted by Gasteiger charge is 2.08. The van der Waals surface area contributed by atoms with Crippen molar-refractivity contribution in [2.75, 3.05) is 18.1 Å². The maximum absolute atomic E-state index is 8.81. The van der Waals surface area contributed by atoms with Gasteiger partial charge in [-0.05, 0) is 40.3 Å². The summed E-state index contributed by atoms with van der Waals surface area (Å²) < 4.78 is 0.744. The van der Waals surface area contributed by atoms with Crippen LogP contribution < -0.4 is 10.6 Å². The van der Waals surface area contributed by atoms with Crippen LogP contribution in [0.15, 0.2) is 22.9 Å². The molecule has 4 nitrogen and oxygen atoms in total. The molecule has 0 unspecified atom stereocenters. The van der Waals surface area contributed by atoms with Gasteiger partial charge < -0.3 is 15.7 Å². The third-order valence-electron chi connectivity index (χ3n) is 1.61. The maximum atomic E-state index is 8.81. The molecule has 3 N–H and O–H groups in total. The van der Waals surface area contributed by atoms with Crippen molar-refractivity contribution in [3.8, 4) is 0 Å². The number of rotatable bonds is 3. The van der Waals surface area contributed by atoms with Crippen LogP contribution in [0.3, 0.4) is 0 Å². The van der Waals surface area contributed by atoms with Gasteiger partial charge in [-0.2, -0.15) is 0 Å². The number of hydrogen-bond donors (Lipinski definition) is 2. The first-order valence-electron chi connectivity index (χ1n) is 3.94. The molecule has 0 atom stereocenters. The predicted molar refractivity (Wildman–Crippen MR) is 63.2 cm³/mol. The highest BCUT2D eigenvalue weighted by molar-refractivity contribution is 9.10. The van der Waals surface area contributed by atoms with Crippen molar-refractivity contribution in [3.05, 3.63) is 22.9 Å². The fourth-order valence-electron chi connectivity index (χ4n) is 0.994. The molecule has 0 aliphatic rings. The Kier molecular flexibility index (Phi) is 4.24. The molecule has 0 spiro atoms. The van der Waals surface area contributed by atoms with E-state index in [1.807, 2.05) is 6.07 Å². The lowest BCUT2D eigenvalue weighted by molar-refractivity contribution is 0.306. The van der Waals surface area contributed by atoms with Gasteiger partial charge in [0.05, 0.1) is 18.5 Å². The molecule has 0 aliphatic heterocycles. The molecule has 1 aromatic rings. The van der Waals surface area contributed by atoms with Crippen molar-refractivity contribution < 1.29 is 5.11 Å². The summed E-state index contributed by atoms with van der Waals surface area (Å²) in [6.45, 7) is 0.367. The van der Waals surface area contributed by atoms with Crippen LogP contribution in [-0.4, -0.2) is 28.4 Å². The summed E-state index contributed by atoms with van der Waals surface area (Å²) in [4.78, 5) is 5.66. The molecule has 1 aromatic heterocycles. The van der Waals surface area contributed by atoms with Crippen LogP contribution in [0.25, 0.3) is 0 Å². The molecule has 14 heavy (non-hydrogen) atoms. The smallest absolute Gasteiger partial charge is 0.170 e. The largest absolute Gasteiger partial charge is 0.395 e. The molecule has 0 aromatic carbocycles. The molecule has 0 bridgehead atoms. The molecule has 1 rings (SSSR count). The molecule has 0 saturated carbocycles. The van der Waals surface area contributed by atoms with Crippen LogP contribution in [0.1, 0.15) is 0 Å². The molecule has 0 amide bonds. The molecule has 1 heterocycles. The number of aliphatic hydroxyl groups is 1. The van der Waals surface area contributed by atoms with Crippen molar-refractivity contribution >= 4 is 38.9 Å². The quantitative estimate of drug-likeness (QED) is 0.634. The number of aliphatic hydroxyl groups excluding tert-OH is 1. The van der Waals surface area contributed by atoms with E-state index in [1.165, 1.54) is 0 Å². The van der Waals surface area contributed by atoms with Gasteiger partial charge in [0.1, 0.15) is 4.60 Å². The molecular formula is C8H10BrN3OS. The number of halogens is 1. The average Bonchev–Trinajstić information content (AvgIpc) is 2.15. The van der Waals surface area contributed by atoms with Gasteiger partial charge in [0.2, 0.25) is 0 Å². The lowest BCUT2D eigenvalue weighted by Crippen LogP contribution is -2.37. The standard InChI is InChI=1S/C8H10BrN3OS/c9-7-2-1-6(5-11-7)12(3-4-13)8(10)14/h1-2,5,13H,3-4H2,(H2,10,14). The van der Waals surface area contributed by atoms with Gasteiger partial charge in [0.25, 0.3) is 0 Å². The van der Waals surface area contributed by atoms with Gasteiger partial charge in [0, 0.05) is 6.54 Å². The van der Waals surface area contributed by atoms with E-state index in [4.69, 9.17) is 23.1 Å². The first-order valence-corrected chi connectivity index (χ1v) is 5.14. The predicted octanol–water partition coefficient (Wildman–Crippen LogP) is 0.886. The van der Waals surface area contributed by atoms with E-state index in [0.717, 1.165) is 10.3 Å². The summed E-state index contributed by atoms with van der Waals surface area (Å²) in [5.41, 5.74) is 6.27. The maximum Gasteiger partial charge on any atom is 0.170 e. The molecule has 0 fully saturated rings. The molecule has 6 heteroatoms. The second kappa shape index (κ2) is 5.23. The summed E-state index contributed by atoms with van der Waals surface area (Å²) in [5.74, 6) is 0. The van der Waals surface area contributed by atoms with Crippen LogP contribution in [-0.2, 0) is 0 Å². The Hall–Kier alpha value is -0.720. The highest BCUT2D eigenvalue weighted by Crippen LogP contribution is 2.14. The Bertz CT molecular complexity index is 317. The van der Waals surface area contributed by atoms with E-state index >= 15 is 0 Å². The van der Waals surface area contributed by atoms with Crippen LogP contribution in [0.5, 0.6) is 0 Å². The Morgan fingerprint density at radius 2 is 2.36 bits per heavy atom. The first kappa shape index (κ1) is 11.4. The molecule has 0 saturated heterocycles. The minimum Gasteiger partial charge on any atom is -0.395 e. The minimum atomic E-state index is -0.00654. The van der Waals surface area contributed by atoms with Crippen molar-refractivity contribution in [2.45, 2.75) is 0 Å². The summed E-state index contributed by atoms with van der Waals surface area (Å²) in [7, 11) is 0. The Balaban J connectivity index is 2.87. The van der Waals surface area contributed by atoms with Crippen LogP contribution in [0.4, 0.5) is 5.69 Å². The van der Waals surface area contributed by atoms with E-state index < -0.39 is 0 Å². The number of hydrogen-bond acceptors (Lipinski definition) is 3. The van der Waals surface area contributed by atoms with Crippen molar-refractivity contribution in [1.29, 1.82) is 0 Å². The van der Waals surface area contributed by atoms with E-state index in [9.17, 15) is 0 Å². The molecule has 0 aliphatic carbocycles. The third kappa shape index (κ3) is 2.90. The number of pyridine rings is 1. The van der Waals surface area contributed by atoms with E-state index in [0.29, 0.717) is 6.54 Å². The van der Waals surface area contributed by atoms with Gasteiger partial charge in [-0.3, -0.25) is 0 Å². The second-order valence-corrected chi connectivity index (χ2v) is 3.78. The number of aromatic nitrogens is 1. The molecular weight excluding hydrogens is 266 g/mol. The van der Waals surface area contributed by atoms with Gasteiger partial charge in [0.15, 0.2) is 5.11 Å². The molecule has 76 valence electrons. The number of nitrogens with zero attached hydrogens (tertiary/aromatic N) is 2. The lowest BCUT2D eigenvalue weighted by Gasteiger charge is -2.21. The van der Waals surface area contributed by atoms with Gasteiger partial charge in [-0.25, -0.2) is 4.98 Å². The summed E-state index contributed by atoms with van der Waals surface area (Å²) in [6, 6.07) is 3.61. The zero-order chi connectivity index (χ0) is 10.6. The number of nitrogens with two attached hydrogens (primary N) is 1. The number of anilines is 1. The van der Waals surface area contributed by atoms with Crippen LogP contribution in [0.2, 0.25) is 0 Å². The van der Waals surface area contributed by atoms with E-state index in [1.54, 1.807) is 17.2 Å². The van der Waals surface area contributed by atoms with E-state index in [-0.39, 0.29) is 11.7 Å². The molecule has 0 radical (unpaired) electrons.